The molecule has 1 aliphatic heterocycles. The molecule has 2 aromatic heterocycles. The summed E-state index contributed by atoms with van der Waals surface area (Å²) in [5.41, 5.74) is 0. The summed E-state index contributed by atoms with van der Waals surface area (Å²) >= 11 is 1.75. The van der Waals surface area contributed by atoms with Crippen molar-refractivity contribution in [3.63, 3.8) is 0 Å². The second-order valence-electron chi connectivity index (χ2n) is 6.56. The lowest BCUT2D eigenvalue weighted by atomic mass is 9.95. The molecule has 1 aliphatic rings. The first-order valence-corrected chi connectivity index (χ1v) is 9.72. The summed E-state index contributed by atoms with van der Waals surface area (Å²) in [5.74, 6) is 1.36. The van der Waals surface area contributed by atoms with Crippen LogP contribution in [0.25, 0.3) is 10.2 Å². The van der Waals surface area contributed by atoms with Gasteiger partial charge in [0.25, 0.3) is 0 Å². The molecule has 0 spiro atoms. The van der Waals surface area contributed by atoms with Crippen LogP contribution in [0.1, 0.15) is 44.9 Å². The van der Waals surface area contributed by atoms with Gasteiger partial charge in [-0.15, -0.1) is 11.3 Å². The van der Waals surface area contributed by atoms with Crippen molar-refractivity contribution in [1.29, 1.82) is 0 Å². The third-order valence-electron chi connectivity index (χ3n) is 4.87. The number of hydrogen-bond donors (Lipinski definition) is 1. The number of anilines is 1. The van der Waals surface area contributed by atoms with Gasteiger partial charge in [-0.05, 0) is 38.7 Å². The number of carbonyl (C=O) groups excluding carboxylic acids is 1. The Labute approximate surface area is 147 Å². The zero-order valence-corrected chi connectivity index (χ0v) is 15.5. The number of nitrogens with zero attached hydrogens (tertiary/aromatic N) is 3. The maximum Gasteiger partial charge on any atom is 0.223 e. The molecule has 0 radical (unpaired) electrons. The fourth-order valence-electron chi connectivity index (χ4n) is 3.14. The van der Waals surface area contributed by atoms with Crippen LogP contribution < -0.4 is 10.2 Å². The molecule has 1 atom stereocenters. The third kappa shape index (κ3) is 3.53. The SMILES string of the molecule is CCc1cc2c(N3CCC(C(=O)N[C@H](C)CC)CC3)ncnc2s1. The number of amides is 1. The summed E-state index contributed by atoms with van der Waals surface area (Å²) in [7, 11) is 0. The van der Waals surface area contributed by atoms with Crippen LogP contribution in [-0.2, 0) is 11.2 Å². The predicted molar refractivity (Wildman–Crippen MR) is 99.6 cm³/mol. The second kappa shape index (κ2) is 7.47. The number of piperidine rings is 1. The highest BCUT2D eigenvalue weighted by Crippen LogP contribution is 2.32. The number of hydrogen-bond acceptors (Lipinski definition) is 5. The average molecular weight is 347 g/mol. The Kier molecular flexibility index (Phi) is 5.33. The van der Waals surface area contributed by atoms with E-state index in [-0.39, 0.29) is 17.9 Å². The number of rotatable bonds is 5. The van der Waals surface area contributed by atoms with Crippen molar-refractivity contribution >= 4 is 33.3 Å². The number of nitrogens with one attached hydrogen (secondary N) is 1. The van der Waals surface area contributed by atoms with E-state index in [2.05, 4.69) is 47.0 Å². The van der Waals surface area contributed by atoms with Crippen LogP contribution in [0.15, 0.2) is 12.4 Å². The summed E-state index contributed by atoms with van der Waals surface area (Å²) in [6.45, 7) is 8.08. The van der Waals surface area contributed by atoms with Crippen LogP contribution in [0.3, 0.4) is 0 Å². The summed E-state index contributed by atoms with van der Waals surface area (Å²) in [4.78, 5) is 26.0. The van der Waals surface area contributed by atoms with E-state index in [0.717, 1.165) is 54.8 Å². The van der Waals surface area contributed by atoms with Gasteiger partial charge >= 0.3 is 0 Å². The molecule has 1 saturated heterocycles. The van der Waals surface area contributed by atoms with E-state index in [0.29, 0.717) is 0 Å². The molecular weight excluding hydrogens is 320 g/mol. The Balaban J connectivity index is 1.69. The van der Waals surface area contributed by atoms with Crippen molar-refractivity contribution in [2.24, 2.45) is 5.92 Å². The number of thiophene rings is 1. The van der Waals surface area contributed by atoms with E-state index in [9.17, 15) is 4.79 Å². The van der Waals surface area contributed by atoms with Crippen LogP contribution in [0.5, 0.6) is 0 Å². The van der Waals surface area contributed by atoms with E-state index >= 15 is 0 Å². The van der Waals surface area contributed by atoms with Crippen molar-refractivity contribution in [3.8, 4) is 0 Å². The maximum atomic E-state index is 12.3. The third-order valence-corrected chi connectivity index (χ3v) is 6.06. The molecule has 5 nitrogen and oxygen atoms in total. The van der Waals surface area contributed by atoms with Crippen LogP contribution >= 0.6 is 11.3 Å². The molecule has 2 aromatic rings. The van der Waals surface area contributed by atoms with Gasteiger partial charge < -0.3 is 10.2 Å². The van der Waals surface area contributed by atoms with Gasteiger partial charge in [0, 0.05) is 29.9 Å². The van der Waals surface area contributed by atoms with E-state index in [1.807, 2.05) is 0 Å². The van der Waals surface area contributed by atoms with Crippen molar-refractivity contribution in [3.05, 3.63) is 17.3 Å². The smallest absolute Gasteiger partial charge is 0.223 e. The second-order valence-corrected chi connectivity index (χ2v) is 7.68. The van der Waals surface area contributed by atoms with E-state index < -0.39 is 0 Å². The van der Waals surface area contributed by atoms with Gasteiger partial charge in [0.1, 0.15) is 17.0 Å². The molecule has 0 saturated carbocycles. The number of fused-ring (bicyclic) bond motifs is 1. The predicted octanol–water partition coefficient (Wildman–Crippen LogP) is 3.38. The van der Waals surface area contributed by atoms with Crippen LogP contribution in [0.4, 0.5) is 5.82 Å². The lowest BCUT2D eigenvalue weighted by Crippen LogP contribution is -2.43. The van der Waals surface area contributed by atoms with E-state index in [1.54, 1.807) is 17.7 Å². The first-order chi connectivity index (χ1) is 11.6. The molecule has 1 N–H and O–H groups in total. The standard InChI is InChI=1S/C18H26N4OS/c1-4-12(3)21-17(23)13-6-8-22(9-7-13)16-15-10-14(5-2)24-18(15)20-11-19-16/h10-13H,4-9H2,1-3H3,(H,21,23)/t12-/m1/s1. The summed E-state index contributed by atoms with van der Waals surface area (Å²) in [5, 5.41) is 4.27. The molecule has 0 bridgehead atoms. The number of aryl methyl sites for hydroxylation is 1. The van der Waals surface area contributed by atoms with Gasteiger partial charge in [0.15, 0.2) is 0 Å². The molecule has 0 aliphatic carbocycles. The molecule has 0 aromatic carbocycles. The molecule has 0 unspecified atom stereocenters. The molecule has 24 heavy (non-hydrogen) atoms. The quantitative estimate of drug-likeness (QED) is 0.902. The monoisotopic (exact) mass is 346 g/mol. The zero-order valence-electron chi connectivity index (χ0n) is 14.7. The zero-order chi connectivity index (χ0) is 17.1. The molecule has 3 rings (SSSR count). The summed E-state index contributed by atoms with van der Waals surface area (Å²) < 4.78 is 0. The topological polar surface area (TPSA) is 58.1 Å². The Morgan fingerprint density at radius 1 is 1.38 bits per heavy atom. The Morgan fingerprint density at radius 2 is 2.12 bits per heavy atom. The number of carbonyl (C=O) groups is 1. The molecule has 1 fully saturated rings. The fourth-order valence-corrected chi connectivity index (χ4v) is 4.06. The van der Waals surface area contributed by atoms with E-state index in [1.165, 1.54) is 4.88 Å². The minimum atomic E-state index is 0.126. The summed E-state index contributed by atoms with van der Waals surface area (Å²) in [6, 6.07) is 2.48. The normalized spacial score (nSPS) is 17.2. The average Bonchev–Trinajstić information content (AvgIpc) is 3.05. The maximum absolute atomic E-state index is 12.3. The van der Waals surface area contributed by atoms with Gasteiger partial charge in [0.2, 0.25) is 5.91 Å². The first kappa shape index (κ1) is 17.1. The van der Waals surface area contributed by atoms with Crippen LogP contribution in [-0.4, -0.2) is 35.0 Å². The Morgan fingerprint density at radius 3 is 2.79 bits per heavy atom. The van der Waals surface area contributed by atoms with Crippen molar-refractivity contribution < 1.29 is 4.79 Å². The molecule has 130 valence electrons. The van der Waals surface area contributed by atoms with Crippen molar-refractivity contribution in [2.75, 3.05) is 18.0 Å². The van der Waals surface area contributed by atoms with Crippen LogP contribution in [0.2, 0.25) is 0 Å². The Bertz CT molecular complexity index is 706. The molecule has 3 heterocycles. The van der Waals surface area contributed by atoms with E-state index in [4.69, 9.17) is 0 Å². The molecule has 1 amide bonds. The lowest BCUT2D eigenvalue weighted by Gasteiger charge is -2.32. The van der Waals surface area contributed by atoms with Gasteiger partial charge in [-0.2, -0.15) is 0 Å². The summed E-state index contributed by atoms with van der Waals surface area (Å²) in [6.07, 6.45) is 5.44. The van der Waals surface area contributed by atoms with Gasteiger partial charge in [-0.3, -0.25) is 4.79 Å². The first-order valence-electron chi connectivity index (χ1n) is 8.91. The van der Waals surface area contributed by atoms with Gasteiger partial charge in [0.05, 0.1) is 5.39 Å². The highest BCUT2D eigenvalue weighted by Gasteiger charge is 2.27. The Hall–Kier alpha value is -1.69. The minimum Gasteiger partial charge on any atom is -0.356 e. The highest BCUT2D eigenvalue weighted by atomic mass is 32.1. The minimum absolute atomic E-state index is 0.126. The highest BCUT2D eigenvalue weighted by molar-refractivity contribution is 7.18. The lowest BCUT2D eigenvalue weighted by molar-refractivity contribution is -0.126. The van der Waals surface area contributed by atoms with Crippen molar-refractivity contribution in [1.82, 2.24) is 15.3 Å². The van der Waals surface area contributed by atoms with Gasteiger partial charge in [-0.1, -0.05) is 13.8 Å². The van der Waals surface area contributed by atoms with Gasteiger partial charge in [-0.25, -0.2) is 9.97 Å². The van der Waals surface area contributed by atoms with Crippen LogP contribution in [0, 0.1) is 5.92 Å². The molecule has 6 heteroatoms. The fraction of sp³-hybridized carbons (Fsp3) is 0.611. The number of aromatic nitrogens is 2. The van der Waals surface area contributed by atoms with Crippen molar-refractivity contribution in [2.45, 2.75) is 52.5 Å². The largest absolute Gasteiger partial charge is 0.356 e. The molecular formula is C18H26N4OS.